The summed E-state index contributed by atoms with van der Waals surface area (Å²) in [4.78, 5) is 48.7. The Kier molecular flexibility index (Phi) is 15.7. The molecule has 3 N–H and O–H groups in total. The monoisotopic (exact) mass is 844 g/mol. The summed E-state index contributed by atoms with van der Waals surface area (Å²) in [5, 5.41) is 15.5. The van der Waals surface area contributed by atoms with Crippen molar-refractivity contribution in [1.82, 2.24) is 35.2 Å². The normalized spacial score (nSPS) is 14.8. The summed E-state index contributed by atoms with van der Waals surface area (Å²) < 4.78 is 13.1. The summed E-state index contributed by atoms with van der Waals surface area (Å²) in [7, 11) is 0. The van der Waals surface area contributed by atoms with Crippen LogP contribution in [-0.2, 0) is 42.1 Å². The van der Waals surface area contributed by atoms with Gasteiger partial charge in [-0.2, -0.15) is 5.10 Å². The molecule has 2 aromatic heterocycles. The van der Waals surface area contributed by atoms with E-state index in [4.69, 9.17) is 14.5 Å². The molecule has 0 atom stereocenters. The zero-order valence-electron chi connectivity index (χ0n) is 37.6. The third-order valence-electron chi connectivity index (χ3n) is 11.1. The Bertz CT molecular complexity index is 2300. The van der Waals surface area contributed by atoms with E-state index in [1.165, 1.54) is 5.56 Å². The lowest BCUT2D eigenvalue weighted by Crippen LogP contribution is -2.49. The van der Waals surface area contributed by atoms with E-state index in [2.05, 4.69) is 76.2 Å². The second-order valence-corrected chi connectivity index (χ2v) is 16.6. The number of carbonyl (C=O) groups excluding carboxylic acids is 3. The minimum Gasteiger partial charge on any atom is -0.444 e. The van der Waals surface area contributed by atoms with Crippen LogP contribution in [0.3, 0.4) is 0 Å². The predicted octanol–water partition coefficient (Wildman–Crippen LogP) is 8.21. The van der Waals surface area contributed by atoms with Crippen LogP contribution in [0.1, 0.15) is 104 Å². The molecule has 2 fully saturated rings. The Balaban J connectivity index is 0.00000316. The van der Waals surface area contributed by atoms with Gasteiger partial charge in [0.2, 0.25) is 0 Å². The van der Waals surface area contributed by atoms with Gasteiger partial charge in [-0.1, -0.05) is 63.2 Å². The van der Waals surface area contributed by atoms with Crippen LogP contribution >= 0.6 is 0 Å². The first kappa shape index (κ1) is 45.7. The van der Waals surface area contributed by atoms with Gasteiger partial charge in [-0.25, -0.2) is 14.5 Å². The molecule has 7 rings (SSSR count). The molecule has 330 valence electrons. The summed E-state index contributed by atoms with van der Waals surface area (Å²) in [6.07, 6.45) is 4.09. The maximum Gasteiger partial charge on any atom is 0.410 e. The molecule has 4 heterocycles. The molecule has 2 saturated heterocycles. The first-order chi connectivity index (χ1) is 30.0. The maximum atomic E-state index is 13.6. The van der Waals surface area contributed by atoms with Gasteiger partial charge < -0.3 is 30.3 Å². The fourth-order valence-corrected chi connectivity index (χ4v) is 7.84. The molecule has 0 unspecified atom stereocenters. The van der Waals surface area contributed by atoms with Gasteiger partial charge in [-0.15, -0.1) is 0 Å². The minimum absolute atomic E-state index is 0.245. The van der Waals surface area contributed by atoms with Crippen LogP contribution in [0.15, 0.2) is 79.0 Å². The molecular weight excluding hydrogens is 781 g/mol. The zero-order chi connectivity index (χ0) is 44.2. The molecule has 13 nitrogen and oxygen atoms in total. The molecule has 13 heteroatoms. The summed E-state index contributed by atoms with van der Waals surface area (Å²) in [5.74, 6) is -0.534. The highest BCUT2D eigenvalue weighted by molar-refractivity contribution is 6.00. The fraction of sp³-hybridized carbons (Fsp3) is 0.449. The van der Waals surface area contributed by atoms with Gasteiger partial charge >= 0.3 is 6.09 Å². The lowest BCUT2D eigenvalue weighted by molar-refractivity contribution is 0.0139. The number of pyridine rings is 1. The molecule has 0 bridgehead atoms. The number of nitrogens with zero attached hydrogens (tertiary/aromatic N) is 5. The molecule has 0 spiro atoms. The predicted molar refractivity (Wildman–Crippen MR) is 245 cm³/mol. The van der Waals surface area contributed by atoms with Gasteiger partial charge in [-0.3, -0.25) is 14.5 Å². The highest BCUT2D eigenvalue weighted by Gasteiger charge is 2.26. The quantitative estimate of drug-likeness (QED) is 0.107. The van der Waals surface area contributed by atoms with Crippen LogP contribution < -0.4 is 16.0 Å². The van der Waals surface area contributed by atoms with Crippen molar-refractivity contribution in [3.05, 3.63) is 113 Å². The largest absolute Gasteiger partial charge is 0.444 e. The second-order valence-electron chi connectivity index (χ2n) is 16.6. The number of benzene rings is 3. The van der Waals surface area contributed by atoms with Crippen molar-refractivity contribution in [3.63, 3.8) is 0 Å². The first-order valence-electron chi connectivity index (χ1n) is 22.2. The van der Waals surface area contributed by atoms with Crippen LogP contribution in [0, 0.1) is 0 Å². The Morgan fingerprint density at radius 1 is 0.806 bits per heavy atom. The number of ether oxygens (including phenoxy) is 2. The topological polar surface area (TPSA) is 143 Å². The van der Waals surface area contributed by atoms with Crippen molar-refractivity contribution in [1.29, 1.82) is 0 Å². The molecule has 62 heavy (non-hydrogen) atoms. The number of carbonyl (C=O) groups is 3. The Morgan fingerprint density at radius 3 is 2.05 bits per heavy atom. The highest BCUT2D eigenvalue weighted by Crippen LogP contribution is 2.31. The lowest BCUT2D eigenvalue weighted by atomic mass is 10.0. The molecule has 0 aliphatic carbocycles. The number of piperazine rings is 1. The van der Waals surface area contributed by atoms with E-state index in [1.807, 2.05) is 57.6 Å². The zero-order valence-corrected chi connectivity index (χ0v) is 37.6. The van der Waals surface area contributed by atoms with E-state index in [9.17, 15) is 14.4 Å². The van der Waals surface area contributed by atoms with Gasteiger partial charge in [0.15, 0.2) is 5.65 Å². The van der Waals surface area contributed by atoms with E-state index in [1.54, 1.807) is 29.2 Å². The number of fused-ring (bicyclic) bond motifs is 1. The first-order valence-corrected chi connectivity index (χ1v) is 22.2. The molecule has 2 aliphatic rings. The Morgan fingerprint density at radius 2 is 1.42 bits per heavy atom. The van der Waals surface area contributed by atoms with Crippen molar-refractivity contribution in [3.8, 4) is 11.1 Å². The van der Waals surface area contributed by atoms with E-state index in [0.717, 1.165) is 77.1 Å². The van der Waals surface area contributed by atoms with Crippen molar-refractivity contribution in [2.45, 2.75) is 106 Å². The van der Waals surface area contributed by atoms with Gasteiger partial charge in [0.25, 0.3) is 11.8 Å². The van der Waals surface area contributed by atoms with Crippen LogP contribution in [0.4, 0.5) is 10.5 Å². The van der Waals surface area contributed by atoms with Crippen LogP contribution in [0.25, 0.3) is 22.2 Å². The molecular formula is C49H64N8O5. The molecule has 0 saturated carbocycles. The highest BCUT2D eigenvalue weighted by atomic mass is 16.6. The number of hydrogen-bond donors (Lipinski definition) is 3. The van der Waals surface area contributed by atoms with Gasteiger partial charge in [0.1, 0.15) is 5.60 Å². The van der Waals surface area contributed by atoms with E-state index < -0.39 is 5.60 Å². The van der Waals surface area contributed by atoms with E-state index in [-0.39, 0.29) is 30.5 Å². The summed E-state index contributed by atoms with van der Waals surface area (Å²) >= 11 is 0. The van der Waals surface area contributed by atoms with E-state index >= 15 is 0 Å². The third kappa shape index (κ3) is 11.8. The molecule has 0 radical (unpaired) electrons. The number of amides is 3. The average Bonchev–Trinajstić information content (AvgIpc) is 3.71. The maximum absolute atomic E-state index is 13.6. The average molecular weight is 845 g/mol. The number of hydrogen-bond acceptors (Lipinski definition) is 9. The van der Waals surface area contributed by atoms with Crippen LogP contribution in [0.2, 0.25) is 0 Å². The number of aromatic nitrogens is 3. The lowest BCUT2D eigenvalue weighted by Gasteiger charge is -2.35. The number of anilines is 1. The van der Waals surface area contributed by atoms with Crippen LogP contribution in [0.5, 0.6) is 0 Å². The Hall–Kier alpha value is -5.79. The van der Waals surface area contributed by atoms with Crippen molar-refractivity contribution in [2.75, 3.05) is 44.7 Å². The molecule has 5 aromatic rings. The summed E-state index contributed by atoms with van der Waals surface area (Å²) in [6, 6.07) is 23.7. The third-order valence-corrected chi connectivity index (χ3v) is 11.1. The standard InChI is InChI=1S/C47H58N8O5.C2H6/c1-6-41-39(42(51-38-17-23-59-24-18-38)40-30-50-55(7-2)43(40)52-41)29-49-45(57)37-16-10-15-36(27-37)44(56)48-28-32-11-8-13-34(25-32)35-14-9-12-33(26-35)31-53-19-21-54(22-20-53)46(58)60-47(3,4)5;1-2/h8-16,25-27,30,38H,6-7,17-24,28-29,31H2,1-5H3,(H,48,56)(H,49,57)(H,51,52);1-2H3. The van der Waals surface area contributed by atoms with Gasteiger partial charge in [-0.05, 0) is 99.5 Å². The van der Waals surface area contributed by atoms with Crippen LogP contribution in [-0.4, -0.2) is 93.5 Å². The van der Waals surface area contributed by atoms with E-state index in [0.29, 0.717) is 56.9 Å². The SMILES string of the molecule is CC.CCc1nc2c(cnn2CC)c(NC2CCOCC2)c1CNC(=O)c1cccc(C(=O)NCc2cccc(-c3cccc(CN4CCN(C(=O)OC(C)(C)C)CC4)c3)c2)c1. The smallest absolute Gasteiger partial charge is 0.410 e. The van der Waals surface area contributed by atoms with Crippen molar-refractivity contribution >= 4 is 34.6 Å². The van der Waals surface area contributed by atoms with Gasteiger partial charge in [0, 0.05) is 94.0 Å². The Labute approximate surface area is 366 Å². The number of rotatable bonds is 13. The summed E-state index contributed by atoms with van der Waals surface area (Å²) in [6.45, 7) is 20.1. The minimum atomic E-state index is -0.506. The second kappa shape index (κ2) is 21.3. The van der Waals surface area contributed by atoms with Gasteiger partial charge in [0.05, 0.1) is 17.3 Å². The summed E-state index contributed by atoms with van der Waals surface area (Å²) in [5.41, 5.74) is 8.25. The molecule has 2 aliphatic heterocycles. The molecule has 3 aromatic carbocycles. The number of aryl methyl sites for hydroxylation is 2. The van der Waals surface area contributed by atoms with Crippen molar-refractivity contribution in [2.24, 2.45) is 0 Å². The molecule has 3 amide bonds. The number of nitrogens with one attached hydrogen (secondary N) is 3. The van der Waals surface area contributed by atoms with Crippen molar-refractivity contribution < 1.29 is 23.9 Å². The fourth-order valence-electron chi connectivity index (χ4n) is 7.84.